The second kappa shape index (κ2) is 11.0. The normalized spacial score (nSPS) is 21.5. The SMILES string of the molecule is O=Cc1cc(COC(=O)CCCCCCC(=O)OC[C@@H]2CC3C=C[C@@H]2C3)ccc1O. The van der Waals surface area contributed by atoms with E-state index in [-0.39, 0.29) is 29.9 Å². The molecule has 1 aromatic rings. The molecule has 2 bridgehead atoms. The smallest absolute Gasteiger partial charge is 0.306 e. The lowest BCUT2D eigenvalue weighted by Crippen LogP contribution is -2.17. The van der Waals surface area contributed by atoms with E-state index >= 15 is 0 Å². The number of benzene rings is 1. The third-order valence-electron chi connectivity index (χ3n) is 6.01. The molecule has 3 rings (SSSR count). The van der Waals surface area contributed by atoms with Crippen molar-refractivity contribution in [3.8, 4) is 5.75 Å². The fourth-order valence-corrected chi connectivity index (χ4v) is 4.27. The molecule has 1 unspecified atom stereocenters. The lowest BCUT2D eigenvalue weighted by atomic mass is 9.95. The molecule has 2 aliphatic carbocycles. The van der Waals surface area contributed by atoms with Crippen molar-refractivity contribution in [3.63, 3.8) is 0 Å². The summed E-state index contributed by atoms with van der Waals surface area (Å²) >= 11 is 0. The highest BCUT2D eigenvalue weighted by Gasteiger charge is 2.36. The fourth-order valence-electron chi connectivity index (χ4n) is 4.27. The van der Waals surface area contributed by atoms with Crippen LogP contribution in [0.4, 0.5) is 0 Å². The largest absolute Gasteiger partial charge is 0.507 e. The van der Waals surface area contributed by atoms with Crippen molar-refractivity contribution < 1.29 is 29.0 Å². The van der Waals surface area contributed by atoms with Crippen LogP contribution in [0.1, 0.15) is 67.3 Å². The number of phenolic OH excluding ortho intramolecular Hbond substituents is 1. The first-order valence-electron chi connectivity index (χ1n) is 10.8. The van der Waals surface area contributed by atoms with Crippen molar-refractivity contribution in [3.05, 3.63) is 41.5 Å². The summed E-state index contributed by atoms with van der Waals surface area (Å²) in [6.07, 6.45) is 11.4. The third kappa shape index (κ3) is 6.44. The molecule has 162 valence electrons. The number of aldehydes is 1. The lowest BCUT2D eigenvalue weighted by molar-refractivity contribution is -0.146. The third-order valence-corrected chi connectivity index (χ3v) is 6.01. The van der Waals surface area contributed by atoms with Gasteiger partial charge < -0.3 is 14.6 Å². The van der Waals surface area contributed by atoms with Crippen LogP contribution in [0.25, 0.3) is 0 Å². The minimum Gasteiger partial charge on any atom is -0.507 e. The number of hydrogen-bond acceptors (Lipinski definition) is 6. The zero-order valence-corrected chi connectivity index (χ0v) is 17.3. The van der Waals surface area contributed by atoms with Gasteiger partial charge in [-0.3, -0.25) is 14.4 Å². The quantitative estimate of drug-likeness (QED) is 0.237. The Balaban J connectivity index is 1.19. The van der Waals surface area contributed by atoms with Gasteiger partial charge in [0, 0.05) is 12.8 Å². The molecule has 6 heteroatoms. The Bertz CT molecular complexity index is 784. The molecule has 0 spiro atoms. The molecular weight excluding hydrogens is 384 g/mol. The molecule has 6 nitrogen and oxygen atoms in total. The summed E-state index contributed by atoms with van der Waals surface area (Å²) in [7, 11) is 0. The van der Waals surface area contributed by atoms with Gasteiger partial charge in [-0.1, -0.05) is 31.1 Å². The average Bonchev–Trinajstić information content (AvgIpc) is 3.37. The van der Waals surface area contributed by atoms with Crippen LogP contribution in [0.3, 0.4) is 0 Å². The van der Waals surface area contributed by atoms with Gasteiger partial charge in [0.25, 0.3) is 0 Å². The summed E-state index contributed by atoms with van der Waals surface area (Å²) in [5.41, 5.74) is 0.831. The zero-order valence-electron chi connectivity index (χ0n) is 17.3. The monoisotopic (exact) mass is 414 g/mol. The molecular formula is C24H30O6. The predicted octanol–water partition coefficient (Wildman–Crippen LogP) is 4.34. The van der Waals surface area contributed by atoms with Crippen molar-refractivity contribution in [1.82, 2.24) is 0 Å². The number of fused-ring (bicyclic) bond motifs is 2. The summed E-state index contributed by atoms with van der Waals surface area (Å²) in [6, 6.07) is 4.53. The van der Waals surface area contributed by atoms with Crippen molar-refractivity contribution in [1.29, 1.82) is 0 Å². The summed E-state index contributed by atoms with van der Waals surface area (Å²) in [4.78, 5) is 34.5. The van der Waals surface area contributed by atoms with Crippen LogP contribution < -0.4 is 0 Å². The number of esters is 2. The van der Waals surface area contributed by atoms with E-state index in [1.807, 2.05) is 0 Å². The Kier molecular flexibility index (Phi) is 8.05. The first-order valence-corrected chi connectivity index (χ1v) is 10.8. The van der Waals surface area contributed by atoms with Gasteiger partial charge in [-0.15, -0.1) is 0 Å². The van der Waals surface area contributed by atoms with Crippen LogP contribution in [0.5, 0.6) is 5.75 Å². The van der Waals surface area contributed by atoms with E-state index in [4.69, 9.17) is 9.47 Å². The van der Waals surface area contributed by atoms with Crippen LogP contribution in [0.15, 0.2) is 30.4 Å². The number of allylic oxidation sites excluding steroid dienone is 2. The number of aromatic hydroxyl groups is 1. The predicted molar refractivity (Wildman–Crippen MR) is 111 cm³/mol. The Morgan fingerprint density at radius 2 is 1.73 bits per heavy atom. The van der Waals surface area contributed by atoms with E-state index in [1.165, 1.54) is 18.6 Å². The van der Waals surface area contributed by atoms with Gasteiger partial charge in [-0.05, 0) is 61.1 Å². The van der Waals surface area contributed by atoms with Crippen molar-refractivity contribution >= 4 is 18.2 Å². The van der Waals surface area contributed by atoms with Crippen LogP contribution in [-0.4, -0.2) is 29.9 Å². The number of carbonyl (C=O) groups is 3. The van der Waals surface area contributed by atoms with Crippen molar-refractivity contribution in [2.24, 2.45) is 17.8 Å². The molecule has 3 atom stereocenters. The fraction of sp³-hybridized carbons (Fsp3) is 0.542. The molecule has 2 aliphatic rings. The van der Waals surface area contributed by atoms with E-state index in [0.29, 0.717) is 55.5 Å². The molecule has 0 radical (unpaired) electrons. The molecule has 1 N–H and O–H groups in total. The molecule has 0 aliphatic heterocycles. The van der Waals surface area contributed by atoms with Gasteiger partial charge in [-0.2, -0.15) is 0 Å². The standard InChI is InChI=1S/C24H30O6/c25-14-20-13-18(8-10-22(20)26)15-29-23(27)5-3-1-2-4-6-24(28)30-16-21-12-17-7-9-19(21)11-17/h7-10,13-14,17,19,21,26H,1-6,11-12,15-16H2/t17?,19-,21+/m1/s1. The molecule has 1 fully saturated rings. The highest BCUT2D eigenvalue weighted by atomic mass is 16.5. The minimum absolute atomic E-state index is 0.0736. The lowest BCUT2D eigenvalue weighted by Gasteiger charge is -2.17. The second-order valence-corrected chi connectivity index (χ2v) is 8.31. The Labute approximate surface area is 177 Å². The van der Waals surface area contributed by atoms with Crippen molar-refractivity contribution in [2.75, 3.05) is 6.61 Å². The maximum Gasteiger partial charge on any atom is 0.306 e. The first kappa shape index (κ1) is 22.1. The summed E-state index contributed by atoms with van der Waals surface area (Å²) in [5, 5.41) is 9.47. The van der Waals surface area contributed by atoms with Crippen LogP contribution in [0.2, 0.25) is 0 Å². The highest BCUT2D eigenvalue weighted by molar-refractivity contribution is 5.79. The van der Waals surface area contributed by atoms with Gasteiger partial charge in [0.1, 0.15) is 12.4 Å². The number of hydrogen-bond donors (Lipinski definition) is 1. The van der Waals surface area contributed by atoms with Crippen LogP contribution in [-0.2, 0) is 25.7 Å². The highest BCUT2D eigenvalue weighted by Crippen LogP contribution is 2.43. The van der Waals surface area contributed by atoms with Gasteiger partial charge in [0.2, 0.25) is 0 Å². The molecule has 30 heavy (non-hydrogen) atoms. The van der Waals surface area contributed by atoms with Gasteiger partial charge in [0.15, 0.2) is 6.29 Å². The molecule has 1 aromatic carbocycles. The van der Waals surface area contributed by atoms with Crippen molar-refractivity contribution in [2.45, 2.75) is 58.0 Å². The van der Waals surface area contributed by atoms with E-state index in [0.717, 1.165) is 25.7 Å². The van der Waals surface area contributed by atoms with Gasteiger partial charge in [-0.25, -0.2) is 0 Å². The van der Waals surface area contributed by atoms with E-state index < -0.39 is 0 Å². The Morgan fingerprint density at radius 3 is 2.37 bits per heavy atom. The Morgan fingerprint density at radius 1 is 1.00 bits per heavy atom. The number of ether oxygens (including phenoxy) is 2. The van der Waals surface area contributed by atoms with Gasteiger partial charge >= 0.3 is 11.9 Å². The number of carbonyl (C=O) groups excluding carboxylic acids is 3. The first-order chi connectivity index (χ1) is 14.5. The van der Waals surface area contributed by atoms with Crippen LogP contribution >= 0.6 is 0 Å². The van der Waals surface area contributed by atoms with E-state index in [9.17, 15) is 19.5 Å². The minimum atomic E-state index is -0.296. The van der Waals surface area contributed by atoms with E-state index in [1.54, 1.807) is 6.07 Å². The molecule has 0 aromatic heterocycles. The number of rotatable bonds is 12. The zero-order chi connectivity index (χ0) is 21.3. The molecule has 1 saturated carbocycles. The summed E-state index contributed by atoms with van der Waals surface area (Å²) in [5.74, 6) is 1.29. The van der Waals surface area contributed by atoms with Gasteiger partial charge in [0.05, 0.1) is 12.2 Å². The Hall–Kier alpha value is -2.63. The number of phenols is 1. The maximum absolute atomic E-state index is 11.9. The second-order valence-electron chi connectivity index (χ2n) is 8.31. The maximum atomic E-state index is 11.9. The molecule has 0 saturated heterocycles. The van der Waals surface area contributed by atoms with Crippen LogP contribution in [0, 0.1) is 17.8 Å². The summed E-state index contributed by atoms with van der Waals surface area (Å²) < 4.78 is 10.6. The topological polar surface area (TPSA) is 89.9 Å². The average molecular weight is 414 g/mol. The summed E-state index contributed by atoms with van der Waals surface area (Å²) in [6.45, 7) is 0.621. The molecule has 0 amide bonds. The molecule has 0 heterocycles. The number of unbranched alkanes of at least 4 members (excludes halogenated alkanes) is 3. The van der Waals surface area contributed by atoms with E-state index in [2.05, 4.69) is 12.2 Å².